The summed E-state index contributed by atoms with van der Waals surface area (Å²) in [7, 11) is 0. The molecule has 0 radical (unpaired) electrons. The molecule has 3 heterocycles. The van der Waals surface area contributed by atoms with Gasteiger partial charge in [-0.3, -0.25) is 9.98 Å². The Balaban J connectivity index is 1.65. The van der Waals surface area contributed by atoms with Gasteiger partial charge in [0.1, 0.15) is 11.5 Å². The van der Waals surface area contributed by atoms with E-state index in [4.69, 9.17) is 5.26 Å². The molecule has 178 valence electrons. The molecule has 11 nitrogen and oxygen atoms in total. The maximum absolute atomic E-state index is 12.9. The van der Waals surface area contributed by atoms with Crippen LogP contribution in [0, 0.1) is 11.3 Å². The van der Waals surface area contributed by atoms with Gasteiger partial charge in [-0.1, -0.05) is 0 Å². The van der Waals surface area contributed by atoms with Crippen molar-refractivity contribution in [1.82, 2.24) is 24.6 Å². The molecule has 4 aromatic rings. The molecule has 1 aliphatic carbocycles. The van der Waals surface area contributed by atoms with Crippen molar-refractivity contribution in [1.29, 1.82) is 5.26 Å². The zero-order chi connectivity index (χ0) is 24.7. The monoisotopic (exact) mass is 484 g/mol. The number of hydrogen-bond acceptors (Lipinski definition) is 8. The molecule has 1 aliphatic rings. The van der Waals surface area contributed by atoms with Crippen molar-refractivity contribution < 1.29 is 23.0 Å². The van der Waals surface area contributed by atoms with Crippen LogP contribution in [-0.2, 0) is 0 Å². The van der Waals surface area contributed by atoms with Gasteiger partial charge in [0, 0.05) is 17.4 Å². The van der Waals surface area contributed by atoms with Crippen LogP contribution < -0.4 is 26.4 Å². The van der Waals surface area contributed by atoms with Crippen molar-refractivity contribution in [3.05, 3.63) is 62.9 Å². The Morgan fingerprint density at radius 3 is 2.77 bits per heavy atom. The highest BCUT2D eigenvalue weighted by atomic mass is 19.4. The molecule has 0 bridgehead atoms. The number of hydrogen-bond donors (Lipinski definition) is 4. The van der Waals surface area contributed by atoms with Crippen LogP contribution in [0.2, 0.25) is 0 Å². The third-order valence-corrected chi connectivity index (χ3v) is 4.98. The van der Waals surface area contributed by atoms with Crippen LogP contribution in [0.4, 0.5) is 24.7 Å². The first-order chi connectivity index (χ1) is 16.7. The van der Waals surface area contributed by atoms with Gasteiger partial charge in [-0.25, -0.2) is 9.78 Å². The van der Waals surface area contributed by atoms with E-state index in [0.717, 1.165) is 18.9 Å². The Morgan fingerprint density at radius 2 is 2.11 bits per heavy atom. The third-order valence-electron chi connectivity index (χ3n) is 4.98. The number of aromatic amines is 2. The van der Waals surface area contributed by atoms with Crippen molar-refractivity contribution in [3.8, 4) is 17.7 Å². The summed E-state index contributed by atoms with van der Waals surface area (Å²) in [6.07, 6.45) is -0.303. The number of nitrogens with one attached hydrogen (secondary N) is 3. The molecule has 14 heteroatoms. The summed E-state index contributed by atoms with van der Waals surface area (Å²) in [6.45, 7) is 0. The molecular weight excluding hydrogens is 469 g/mol. The largest absolute Gasteiger partial charge is 0.573 e. The lowest BCUT2D eigenvalue weighted by molar-refractivity contribution is -0.274. The molecule has 0 unspecified atom stereocenters. The van der Waals surface area contributed by atoms with Gasteiger partial charge in [-0.2, -0.15) is 14.9 Å². The highest BCUT2D eigenvalue weighted by Gasteiger charge is 2.32. The highest BCUT2D eigenvalue weighted by Crippen LogP contribution is 2.33. The van der Waals surface area contributed by atoms with Crippen molar-refractivity contribution >= 4 is 23.2 Å². The Kier molecular flexibility index (Phi) is 5.16. The number of benzene rings is 1. The molecule has 0 saturated heterocycles. The van der Waals surface area contributed by atoms with Crippen LogP contribution in [0.3, 0.4) is 0 Å². The van der Waals surface area contributed by atoms with Gasteiger partial charge in [0.2, 0.25) is 5.88 Å². The van der Waals surface area contributed by atoms with Gasteiger partial charge in [-0.05, 0) is 31.1 Å². The molecule has 35 heavy (non-hydrogen) atoms. The fraction of sp³-hybridized carbons (Fsp3) is 0.190. The van der Waals surface area contributed by atoms with E-state index in [0.29, 0.717) is 10.7 Å². The standard InChI is InChI=1S/C21H15F3N8O3/c22-21(23,24)35-15-5-10(8-25)1-4-13(15)28-16-7-17(27-12-2-3-12)32-18(30-16)11(9-26-32)6-14-19(33)31-20(34)29-14/h1,4-7,9,12,28,33H,2-3H2,(H2,29,31,34)/b11-6+,27-17?. The van der Waals surface area contributed by atoms with Gasteiger partial charge >= 0.3 is 12.1 Å². The smallest absolute Gasteiger partial charge is 0.493 e. The second-order valence-electron chi connectivity index (χ2n) is 7.68. The molecule has 0 aliphatic heterocycles. The van der Waals surface area contributed by atoms with Crippen LogP contribution >= 0.6 is 0 Å². The fourth-order valence-corrected chi connectivity index (χ4v) is 3.30. The predicted molar refractivity (Wildman–Crippen MR) is 115 cm³/mol. The maximum atomic E-state index is 12.9. The van der Waals surface area contributed by atoms with Crippen LogP contribution in [0.15, 0.2) is 40.2 Å². The Labute approximate surface area is 192 Å². The number of anilines is 2. The number of imidazole rings is 1. The minimum Gasteiger partial charge on any atom is -0.493 e. The molecule has 0 atom stereocenters. The molecule has 1 fully saturated rings. The summed E-state index contributed by atoms with van der Waals surface area (Å²) >= 11 is 0. The van der Waals surface area contributed by atoms with Gasteiger partial charge < -0.3 is 20.1 Å². The number of halogens is 3. The second kappa shape index (κ2) is 8.20. The molecule has 0 amide bonds. The minimum absolute atomic E-state index is 0.0180. The first-order valence-corrected chi connectivity index (χ1v) is 10.2. The Bertz CT molecular complexity index is 1660. The number of fused-ring (bicyclic) bond motifs is 1. The molecule has 1 aromatic carbocycles. The molecule has 1 saturated carbocycles. The van der Waals surface area contributed by atoms with E-state index < -0.39 is 17.8 Å². The summed E-state index contributed by atoms with van der Waals surface area (Å²) < 4.78 is 44.4. The molecule has 4 N–H and O–H groups in total. The maximum Gasteiger partial charge on any atom is 0.573 e. The van der Waals surface area contributed by atoms with E-state index in [1.807, 2.05) is 0 Å². The number of rotatable bonds is 5. The van der Waals surface area contributed by atoms with Crippen LogP contribution in [-0.4, -0.2) is 42.1 Å². The summed E-state index contributed by atoms with van der Waals surface area (Å²) in [5.74, 6) is -0.845. The van der Waals surface area contributed by atoms with Crippen molar-refractivity contribution in [3.63, 3.8) is 0 Å². The lowest BCUT2D eigenvalue weighted by atomic mass is 10.2. The molecule has 3 aromatic heterocycles. The van der Waals surface area contributed by atoms with Crippen LogP contribution in [0.5, 0.6) is 11.6 Å². The molecular formula is C21H15F3N8O3. The number of alkyl halides is 3. The van der Waals surface area contributed by atoms with Gasteiger partial charge in [0.05, 0.1) is 29.6 Å². The minimum atomic E-state index is -4.97. The first-order valence-electron chi connectivity index (χ1n) is 10.2. The quantitative estimate of drug-likeness (QED) is 0.335. The van der Waals surface area contributed by atoms with Gasteiger partial charge in [0.25, 0.3) is 0 Å². The number of ether oxygens (including phenoxy) is 1. The average Bonchev–Trinajstić information content (AvgIpc) is 3.42. The summed E-state index contributed by atoms with van der Waals surface area (Å²) in [6, 6.07) is 6.96. The SMILES string of the molecule is N#Cc1ccc(Nc2cc(=NC3CC3)n3nc/c(=C\c4[nH]c(=O)[nH]c4O)c3n2)c(OC(F)(F)F)c1. The van der Waals surface area contributed by atoms with E-state index in [-0.39, 0.29) is 40.3 Å². The lowest BCUT2D eigenvalue weighted by Gasteiger charge is -2.14. The summed E-state index contributed by atoms with van der Waals surface area (Å²) in [5, 5.41) is 26.4. The molecule has 0 spiro atoms. The fourth-order valence-electron chi connectivity index (χ4n) is 3.30. The van der Waals surface area contributed by atoms with Gasteiger partial charge in [0.15, 0.2) is 16.9 Å². The third kappa shape index (κ3) is 4.78. The van der Waals surface area contributed by atoms with Gasteiger partial charge in [-0.15, -0.1) is 13.2 Å². The Hall–Kier alpha value is -4.80. The van der Waals surface area contributed by atoms with E-state index in [2.05, 4.69) is 35.1 Å². The van der Waals surface area contributed by atoms with Crippen molar-refractivity contribution in [2.75, 3.05) is 5.32 Å². The number of H-pyrrole nitrogens is 2. The Morgan fingerprint density at radius 1 is 1.31 bits per heavy atom. The first kappa shape index (κ1) is 22.0. The van der Waals surface area contributed by atoms with E-state index in [1.54, 1.807) is 6.07 Å². The van der Waals surface area contributed by atoms with Crippen molar-refractivity contribution in [2.24, 2.45) is 4.99 Å². The summed E-state index contributed by atoms with van der Waals surface area (Å²) in [5.41, 5.74) is 0.0617. The van der Waals surface area contributed by atoms with E-state index in [1.165, 1.54) is 35.0 Å². The zero-order valence-corrected chi connectivity index (χ0v) is 17.6. The zero-order valence-electron chi connectivity index (χ0n) is 17.6. The average molecular weight is 484 g/mol. The van der Waals surface area contributed by atoms with E-state index in [9.17, 15) is 23.1 Å². The number of aromatic nitrogens is 5. The topological polar surface area (TPSA) is 156 Å². The lowest BCUT2D eigenvalue weighted by Crippen LogP contribution is -2.20. The highest BCUT2D eigenvalue weighted by molar-refractivity contribution is 5.67. The molecule has 5 rings (SSSR count). The van der Waals surface area contributed by atoms with E-state index >= 15 is 0 Å². The van der Waals surface area contributed by atoms with Crippen LogP contribution in [0.1, 0.15) is 24.1 Å². The van der Waals surface area contributed by atoms with Crippen molar-refractivity contribution in [2.45, 2.75) is 25.2 Å². The number of nitriles is 1. The normalized spacial score (nSPS) is 14.9. The number of aromatic hydroxyl groups is 1. The predicted octanol–water partition coefficient (Wildman–Crippen LogP) is 1.58. The second-order valence-corrected chi connectivity index (χ2v) is 7.68. The number of nitrogens with zero attached hydrogens (tertiary/aromatic N) is 5. The summed E-state index contributed by atoms with van der Waals surface area (Å²) in [4.78, 5) is 25.1. The van der Waals surface area contributed by atoms with Crippen LogP contribution in [0.25, 0.3) is 11.7 Å².